The summed E-state index contributed by atoms with van der Waals surface area (Å²) in [5, 5.41) is 24.0. The quantitative estimate of drug-likeness (QED) is 0.159. The zero-order chi connectivity index (χ0) is 36.0. The summed E-state index contributed by atoms with van der Waals surface area (Å²) in [4.78, 5) is 0. The fourth-order valence-electron chi connectivity index (χ4n) is 10.5. The van der Waals surface area contributed by atoms with Gasteiger partial charge in [-0.1, -0.05) is 144 Å². The maximum atomic E-state index is 2.56. The number of rotatable bonds is 2. The largest absolute Gasteiger partial charge is 0.0616 e. The van der Waals surface area contributed by atoms with Crippen molar-refractivity contribution in [1.82, 2.24) is 0 Å². The molecule has 0 fully saturated rings. The van der Waals surface area contributed by atoms with Crippen molar-refractivity contribution in [1.29, 1.82) is 0 Å². The third kappa shape index (κ3) is 3.93. The average Bonchev–Trinajstić information content (AvgIpc) is 3.65. The monoisotopic (exact) mass is 684 g/mol. The van der Waals surface area contributed by atoms with Crippen molar-refractivity contribution in [3.63, 3.8) is 0 Å². The van der Waals surface area contributed by atoms with Crippen LogP contribution in [0.2, 0.25) is 0 Å². The summed E-state index contributed by atoms with van der Waals surface area (Å²) in [6.07, 6.45) is 0. The predicted octanol–water partition coefficient (Wildman–Crippen LogP) is 15.5. The van der Waals surface area contributed by atoms with Crippen LogP contribution < -0.4 is 0 Å². The maximum absolute atomic E-state index is 2.56. The van der Waals surface area contributed by atoms with E-state index in [0.717, 1.165) is 0 Å². The second kappa shape index (κ2) is 10.6. The van der Waals surface area contributed by atoms with E-state index in [0.29, 0.717) is 0 Å². The van der Waals surface area contributed by atoms with Gasteiger partial charge in [0.25, 0.3) is 0 Å². The van der Waals surface area contributed by atoms with Crippen molar-refractivity contribution < 1.29 is 0 Å². The molecule has 0 aromatic heterocycles. The molecular formula is C54H36. The summed E-state index contributed by atoms with van der Waals surface area (Å²) in [6.45, 7) is 8.97. The van der Waals surface area contributed by atoms with Crippen LogP contribution in [0.15, 0.2) is 146 Å². The van der Waals surface area contributed by atoms with Gasteiger partial charge >= 0.3 is 0 Å². The van der Waals surface area contributed by atoms with Crippen molar-refractivity contribution in [3.05, 3.63) is 168 Å². The minimum atomic E-state index is 1.28. The Morgan fingerprint density at radius 1 is 0.241 bits per heavy atom. The minimum Gasteiger partial charge on any atom is -0.0616 e. The SMILES string of the molecule is Cc1cc(C)cc(-c2c3cc4c(cc3c(-c3cc(C)cc(C)c3)c3c5cc6ccccc6c6cccc(c23)c65)c2cc3ccccc3c3cccc4c32)c1. The minimum absolute atomic E-state index is 1.28. The Balaban J connectivity index is 1.42. The first-order valence-corrected chi connectivity index (χ1v) is 19.2. The highest BCUT2D eigenvalue weighted by molar-refractivity contribution is 6.44. The molecule has 0 aliphatic carbocycles. The van der Waals surface area contributed by atoms with Gasteiger partial charge in [0.05, 0.1) is 0 Å². The van der Waals surface area contributed by atoms with E-state index < -0.39 is 0 Å². The fourth-order valence-corrected chi connectivity index (χ4v) is 10.5. The molecule has 0 amide bonds. The van der Waals surface area contributed by atoms with Gasteiger partial charge < -0.3 is 0 Å². The molecule has 0 N–H and O–H groups in total. The predicted molar refractivity (Wildman–Crippen MR) is 236 cm³/mol. The van der Waals surface area contributed by atoms with Gasteiger partial charge in [-0.05, 0) is 171 Å². The van der Waals surface area contributed by atoms with E-state index in [-0.39, 0.29) is 0 Å². The van der Waals surface area contributed by atoms with Gasteiger partial charge in [-0.2, -0.15) is 0 Å². The molecule has 0 heteroatoms. The fraction of sp³-hybridized carbons (Fsp3) is 0.0741. The van der Waals surface area contributed by atoms with E-state index in [9.17, 15) is 0 Å². The summed E-state index contributed by atoms with van der Waals surface area (Å²) in [7, 11) is 0. The van der Waals surface area contributed by atoms with Gasteiger partial charge in [-0.3, -0.25) is 0 Å². The molecule has 54 heavy (non-hydrogen) atoms. The van der Waals surface area contributed by atoms with Crippen LogP contribution in [-0.4, -0.2) is 0 Å². The molecule has 0 saturated heterocycles. The van der Waals surface area contributed by atoms with E-state index in [4.69, 9.17) is 0 Å². The average molecular weight is 685 g/mol. The second-order valence-electron chi connectivity index (χ2n) is 15.9. The molecule has 12 aromatic rings. The molecule has 12 rings (SSSR count). The third-order valence-electron chi connectivity index (χ3n) is 12.4. The Labute approximate surface area is 313 Å². The number of hydrogen-bond donors (Lipinski definition) is 0. The summed E-state index contributed by atoms with van der Waals surface area (Å²) in [6, 6.07) is 56.0. The van der Waals surface area contributed by atoms with Crippen molar-refractivity contribution in [2.24, 2.45) is 0 Å². The number of hydrogen-bond acceptors (Lipinski definition) is 0. The van der Waals surface area contributed by atoms with E-state index >= 15 is 0 Å². The lowest BCUT2D eigenvalue weighted by molar-refractivity contribution is 1.39. The normalized spacial score (nSPS) is 12.4. The molecule has 0 spiro atoms. The number of aryl methyl sites for hydroxylation is 4. The van der Waals surface area contributed by atoms with Crippen molar-refractivity contribution in [2.45, 2.75) is 27.7 Å². The second-order valence-corrected chi connectivity index (χ2v) is 15.9. The topological polar surface area (TPSA) is 0 Å². The summed E-state index contributed by atoms with van der Waals surface area (Å²) >= 11 is 0. The molecule has 0 aliphatic heterocycles. The molecule has 12 aromatic carbocycles. The van der Waals surface area contributed by atoms with Crippen LogP contribution in [0.3, 0.4) is 0 Å². The molecular weight excluding hydrogens is 649 g/mol. The first kappa shape index (κ1) is 30.0. The summed E-state index contributed by atoms with van der Waals surface area (Å²) in [5.41, 5.74) is 10.4. The van der Waals surface area contributed by atoms with Gasteiger partial charge in [-0.15, -0.1) is 0 Å². The Bertz CT molecular complexity index is 3540. The molecule has 0 unspecified atom stereocenters. The third-order valence-corrected chi connectivity index (χ3v) is 12.4. The van der Waals surface area contributed by atoms with E-state index in [1.807, 2.05) is 0 Å². The van der Waals surface area contributed by atoms with Crippen LogP contribution in [0, 0.1) is 27.7 Å². The van der Waals surface area contributed by atoms with Gasteiger partial charge in [0.2, 0.25) is 0 Å². The highest BCUT2D eigenvalue weighted by atomic mass is 14.3. The van der Waals surface area contributed by atoms with Crippen LogP contribution in [0.25, 0.3) is 119 Å². The van der Waals surface area contributed by atoms with Gasteiger partial charge in [-0.25, -0.2) is 0 Å². The van der Waals surface area contributed by atoms with Crippen LogP contribution >= 0.6 is 0 Å². The Kier molecular flexibility index (Phi) is 5.87. The smallest absolute Gasteiger partial charge is 0.000719 e. The molecule has 252 valence electrons. The Hall–Kier alpha value is -6.50. The van der Waals surface area contributed by atoms with Crippen molar-refractivity contribution in [3.8, 4) is 22.3 Å². The number of benzene rings is 10. The molecule has 0 saturated carbocycles. The highest BCUT2D eigenvalue weighted by Crippen LogP contribution is 2.54. The first-order chi connectivity index (χ1) is 26.4. The zero-order valence-corrected chi connectivity index (χ0v) is 30.9. The molecule has 0 aliphatic rings. The van der Waals surface area contributed by atoms with Crippen molar-refractivity contribution >= 4 is 97.0 Å². The summed E-state index contributed by atoms with van der Waals surface area (Å²) < 4.78 is 0. The van der Waals surface area contributed by atoms with E-state index in [2.05, 4.69) is 173 Å². The first-order valence-electron chi connectivity index (χ1n) is 19.2. The molecule has 0 heterocycles. The van der Waals surface area contributed by atoms with Gasteiger partial charge in [0.15, 0.2) is 0 Å². The molecule has 0 bridgehead atoms. The van der Waals surface area contributed by atoms with Gasteiger partial charge in [0.1, 0.15) is 0 Å². The van der Waals surface area contributed by atoms with Crippen LogP contribution in [0.4, 0.5) is 0 Å². The maximum Gasteiger partial charge on any atom is -0.000719 e. The molecule has 0 radical (unpaired) electrons. The molecule has 0 atom stereocenters. The Morgan fingerprint density at radius 3 is 1.17 bits per heavy atom. The zero-order valence-electron chi connectivity index (χ0n) is 30.9. The summed E-state index contributed by atoms with van der Waals surface area (Å²) in [5.74, 6) is 0. The van der Waals surface area contributed by atoms with E-state index in [1.54, 1.807) is 0 Å². The Morgan fingerprint density at radius 2 is 0.630 bits per heavy atom. The van der Waals surface area contributed by atoms with Crippen LogP contribution in [0.5, 0.6) is 0 Å². The van der Waals surface area contributed by atoms with Crippen LogP contribution in [0.1, 0.15) is 22.3 Å². The standard InChI is InChI=1S/C54H36/c1-29-19-30(2)22-35(21-29)49-46-27-43-41-17-9-15-39-37-13-7-5-11-33(37)25-45(51(39)41)44(43)28-47(46)50(36-23-31(3)20-32(4)24-36)54-48-26-34-12-6-8-14-38(34)40-16-10-18-42(52(40)48)53(49)54/h5-28H,1-4H3. The van der Waals surface area contributed by atoms with Gasteiger partial charge in [0, 0.05) is 0 Å². The molecule has 0 nitrogen and oxygen atoms in total. The van der Waals surface area contributed by atoms with Crippen LogP contribution in [-0.2, 0) is 0 Å². The lowest BCUT2D eigenvalue weighted by Crippen LogP contribution is -1.92. The lowest BCUT2D eigenvalue weighted by Gasteiger charge is -2.19. The van der Waals surface area contributed by atoms with E-state index in [1.165, 1.54) is 141 Å². The number of fused-ring (bicyclic) bond motifs is 11. The van der Waals surface area contributed by atoms with Crippen molar-refractivity contribution in [2.75, 3.05) is 0 Å². The lowest BCUT2D eigenvalue weighted by atomic mass is 9.84. The highest BCUT2D eigenvalue weighted by Gasteiger charge is 2.26.